The summed E-state index contributed by atoms with van der Waals surface area (Å²) >= 11 is 1.15. The number of thioether (sulfide) groups is 1. The molecule has 2 heterocycles. The number of aromatic nitrogens is 4. The van der Waals surface area contributed by atoms with E-state index in [9.17, 15) is 14.4 Å². The van der Waals surface area contributed by atoms with Crippen molar-refractivity contribution in [2.45, 2.75) is 18.1 Å². The summed E-state index contributed by atoms with van der Waals surface area (Å²) in [4.78, 5) is 42.7. The van der Waals surface area contributed by atoms with Crippen LogP contribution in [0.3, 0.4) is 0 Å². The van der Waals surface area contributed by atoms with E-state index >= 15 is 0 Å². The Kier molecular flexibility index (Phi) is 8.94. The fraction of sp³-hybridized carbons (Fsp3) is 0.296. The fourth-order valence-corrected chi connectivity index (χ4v) is 4.87. The largest absolute Gasteiger partial charge is 0.497 e. The molecule has 0 aliphatic rings. The Morgan fingerprint density at radius 3 is 2.40 bits per heavy atom. The highest BCUT2D eigenvalue weighted by atomic mass is 32.2. The molecular formula is C27H30N6O6S. The van der Waals surface area contributed by atoms with Gasteiger partial charge < -0.3 is 18.8 Å². The minimum Gasteiger partial charge on any atom is -0.497 e. The minimum absolute atomic E-state index is 0.0105. The number of nitrogens with zero attached hydrogens (tertiary/aromatic N) is 5. The third kappa shape index (κ3) is 6.04. The summed E-state index contributed by atoms with van der Waals surface area (Å²) in [5, 5.41) is 4.47. The maximum absolute atomic E-state index is 13.1. The number of carbonyl (C=O) groups excluding carboxylic acids is 1. The molecule has 0 aliphatic heterocycles. The lowest BCUT2D eigenvalue weighted by Crippen LogP contribution is -2.37. The van der Waals surface area contributed by atoms with Crippen LogP contribution in [-0.4, -0.2) is 57.9 Å². The number of nitrogens with one attached hydrogen (secondary N) is 1. The smallest absolute Gasteiger partial charge is 0.332 e. The van der Waals surface area contributed by atoms with Crippen molar-refractivity contribution < 1.29 is 19.0 Å². The van der Waals surface area contributed by atoms with Crippen molar-refractivity contribution in [3.8, 4) is 17.2 Å². The molecule has 210 valence electrons. The number of hydrogen-bond donors (Lipinski definition) is 1. The van der Waals surface area contributed by atoms with E-state index < -0.39 is 11.2 Å². The van der Waals surface area contributed by atoms with Gasteiger partial charge in [0.2, 0.25) is 0 Å². The van der Waals surface area contributed by atoms with Gasteiger partial charge in [-0.2, -0.15) is 5.10 Å². The van der Waals surface area contributed by atoms with Crippen LogP contribution in [0.4, 0.5) is 0 Å². The molecule has 13 heteroatoms. The zero-order valence-electron chi connectivity index (χ0n) is 22.8. The number of aryl methyl sites for hydroxylation is 3. The van der Waals surface area contributed by atoms with E-state index in [1.54, 1.807) is 44.0 Å². The zero-order valence-corrected chi connectivity index (χ0v) is 23.7. The number of ether oxygens (including phenoxy) is 3. The zero-order chi connectivity index (χ0) is 28.8. The normalized spacial score (nSPS) is 11.2. The third-order valence-corrected chi connectivity index (χ3v) is 7.22. The molecule has 0 radical (unpaired) electrons. The second-order valence-corrected chi connectivity index (χ2v) is 9.66. The quantitative estimate of drug-likeness (QED) is 0.166. The molecule has 40 heavy (non-hydrogen) atoms. The van der Waals surface area contributed by atoms with Gasteiger partial charge in [-0.25, -0.2) is 15.2 Å². The number of amides is 1. The summed E-state index contributed by atoms with van der Waals surface area (Å²) in [5.41, 5.74) is 3.87. The van der Waals surface area contributed by atoms with Crippen LogP contribution in [0.5, 0.6) is 17.2 Å². The molecule has 0 aliphatic carbocycles. The Morgan fingerprint density at radius 1 is 1.00 bits per heavy atom. The molecule has 2 aromatic carbocycles. The van der Waals surface area contributed by atoms with Crippen LogP contribution in [0.25, 0.3) is 11.2 Å². The maximum atomic E-state index is 13.1. The van der Waals surface area contributed by atoms with Gasteiger partial charge >= 0.3 is 5.69 Å². The van der Waals surface area contributed by atoms with E-state index in [4.69, 9.17) is 14.2 Å². The molecule has 0 fully saturated rings. The molecule has 2 aromatic heterocycles. The average molecular weight is 567 g/mol. The Bertz CT molecular complexity index is 1670. The highest BCUT2D eigenvalue weighted by Gasteiger charge is 2.20. The molecule has 4 aromatic rings. The standard InChI is InChI=1S/C27H30N6O6S/c1-31-24-23(25(35)32(2)27(31)36)33(13-12-17-6-9-19(37-3)10-7-17)26(29-24)40-16-22(34)30-28-15-18-8-11-20(38-4)21(14-18)39-5/h6-11,14-15H,12-13,16H2,1-5H3,(H,30,34). The van der Waals surface area contributed by atoms with E-state index in [-0.39, 0.29) is 17.3 Å². The van der Waals surface area contributed by atoms with E-state index in [1.165, 1.54) is 24.9 Å². The van der Waals surface area contributed by atoms with Crippen LogP contribution in [0.1, 0.15) is 11.1 Å². The van der Waals surface area contributed by atoms with Crippen molar-refractivity contribution in [2.75, 3.05) is 27.1 Å². The average Bonchev–Trinajstić information content (AvgIpc) is 3.35. The highest BCUT2D eigenvalue weighted by molar-refractivity contribution is 7.99. The first-order chi connectivity index (χ1) is 19.3. The summed E-state index contributed by atoms with van der Waals surface area (Å²) in [7, 11) is 7.69. The summed E-state index contributed by atoms with van der Waals surface area (Å²) in [6.07, 6.45) is 2.09. The Labute approximate surface area is 234 Å². The van der Waals surface area contributed by atoms with Crippen LogP contribution in [0.2, 0.25) is 0 Å². The molecule has 0 saturated heterocycles. The van der Waals surface area contributed by atoms with Gasteiger partial charge in [0.15, 0.2) is 27.8 Å². The van der Waals surface area contributed by atoms with Crippen molar-refractivity contribution in [1.82, 2.24) is 24.1 Å². The molecule has 1 N–H and O–H groups in total. The predicted molar refractivity (Wildman–Crippen MR) is 153 cm³/mol. The van der Waals surface area contributed by atoms with Crippen LogP contribution in [-0.2, 0) is 31.9 Å². The summed E-state index contributed by atoms with van der Waals surface area (Å²) in [6, 6.07) is 12.9. The Balaban J connectivity index is 1.53. The van der Waals surface area contributed by atoms with E-state index in [0.29, 0.717) is 40.7 Å². The first-order valence-electron chi connectivity index (χ1n) is 12.2. The molecular weight excluding hydrogens is 536 g/mol. The van der Waals surface area contributed by atoms with Gasteiger partial charge in [0, 0.05) is 20.6 Å². The van der Waals surface area contributed by atoms with E-state index in [2.05, 4.69) is 15.5 Å². The molecule has 1 amide bonds. The lowest BCUT2D eigenvalue weighted by atomic mass is 10.1. The molecule has 4 rings (SSSR count). The molecule has 0 atom stereocenters. The second-order valence-electron chi connectivity index (χ2n) is 8.72. The number of imidazole rings is 1. The number of hydrazone groups is 1. The molecule has 0 saturated carbocycles. The van der Waals surface area contributed by atoms with Gasteiger partial charge in [0.25, 0.3) is 11.5 Å². The monoisotopic (exact) mass is 566 g/mol. The van der Waals surface area contributed by atoms with E-state index in [1.807, 2.05) is 24.3 Å². The van der Waals surface area contributed by atoms with Crippen molar-refractivity contribution in [3.63, 3.8) is 0 Å². The van der Waals surface area contributed by atoms with Gasteiger partial charge in [-0.05, 0) is 47.9 Å². The third-order valence-electron chi connectivity index (χ3n) is 6.24. The fourth-order valence-electron chi connectivity index (χ4n) is 4.05. The van der Waals surface area contributed by atoms with Crippen LogP contribution < -0.4 is 30.9 Å². The van der Waals surface area contributed by atoms with Crippen LogP contribution >= 0.6 is 11.8 Å². The first kappa shape index (κ1) is 28.5. The number of methoxy groups -OCH3 is 3. The highest BCUT2D eigenvalue weighted by Crippen LogP contribution is 2.27. The summed E-state index contributed by atoms with van der Waals surface area (Å²) in [5.74, 6) is 1.50. The summed E-state index contributed by atoms with van der Waals surface area (Å²) in [6.45, 7) is 0.414. The van der Waals surface area contributed by atoms with Gasteiger partial charge in [-0.1, -0.05) is 23.9 Å². The Hall–Kier alpha value is -4.52. The van der Waals surface area contributed by atoms with Crippen molar-refractivity contribution in [2.24, 2.45) is 19.2 Å². The molecule has 12 nitrogen and oxygen atoms in total. The van der Waals surface area contributed by atoms with Gasteiger partial charge in [-0.15, -0.1) is 0 Å². The topological polar surface area (TPSA) is 131 Å². The number of hydrogen-bond acceptors (Lipinski definition) is 9. The summed E-state index contributed by atoms with van der Waals surface area (Å²) < 4.78 is 19.9. The molecule has 0 unspecified atom stereocenters. The molecule has 0 bridgehead atoms. The van der Waals surface area contributed by atoms with Gasteiger partial charge in [-0.3, -0.25) is 18.7 Å². The van der Waals surface area contributed by atoms with Gasteiger partial charge in [0.1, 0.15) is 5.75 Å². The number of fused-ring (bicyclic) bond motifs is 1. The number of benzene rings is 2. The van der Waals surface area contributed by atoms with Crippen molar-refractivity contribution in [1.29, 1.82) is 0 Å². The van der Waals surface area contributed by atoms with Gasteiger partial charge in [0.05, 0.1) is 33.3 Å². The minimum atomic E-state index is -0.476. The van der Waals surface area contributed by atoms with Crippen LogP contribution in [0, 0.1) is 0 Å². The lowest BCUT2D eigenvalue weighted by molar-refractivity contribution is -0.118. The van der Waals surface area contributed by atoms with Crippen molar-refractivity contribution in [3.05, 3.63) is 74.4 Å². The number of rotatable bonds is 11. The maximum Gasteiger partial charge on any atom is 0.332 e. The van der Waals surface area contributed by atoms with E-state index in [0.717, 1.165) is 27.6 Å². The SMILES string of the molecule is COc1ccc(CCn2c(SCC(=O)NN=Cc3ccc(OC)c(OC)c3)nc3c2c(=O)n(C)c(=O)n3C)cc1. The van der Waals surface area contributed by atoms with Crippen LogP contribution in [0.15, 0.2) is 62.3 Å². The predicted octanol–water partition coefficient (Wildman–Crippen LogP) is 1.94. The lowest BCUT2D eigenvalue weighted by Gasteiger charge is -2.10. The second kappa shape index (κ2) is 12.6. The number of carbonyl (C=O) groups is 1. The Morgan fingerprint density at radius 2 is 1.73 bits per heavy atom. The van der Waals surface area contributed by atoms with Crippen molar-refractivity contribution >= 4 is 35.0 Å². The first-order valence-corrected chi connectivity index (χ1v) is 13.2. The molecule has 0 spiro atoms.